The molecule has 0 saturated carbocycles. The van der Waals surface area contributed by atoms with Crippen LogP contribution in [0.15, 0.2) is 82.0 Å². The Labute approximate surface area is 184 Å². The van der Waals surface area contributed by atoms with Crippen LogP contribution in [0.3, 0.4) is 0 Å². The van der Waals surface area contributed by atoms with Crippen molar-refractivity contribution >= 4 is 39.2 Å². The molecular formula is C21H18N4O6S. The van der Waals surface area contributed by atoms with Gasteiger partial charge >= 0.3 is 11.9 Å². The molecular weight excluding hydrogens is 436 g/mol. The Bertz CT molecular complexity index is 1260. The van der Waals surface area contributed by atoms with Gasteiger partial charge in [-0.3, -0.25) is 9.52 Å². The van der Waals surface area contributed by atoms with Gasteiger partial charge in [0.15, 0.2) is 0 Å². The number of anilines is 1. The van der Waals surface area contributed by atoms with E-state index in [0.29, 0.717) is 11.4 Å². The minimum Gasteiger partial charge on any atom is -0.465 e. The zero-order chi connectivity index (χ0) is 23.1. The highest BCUT2D eigenvalue weighted by Gasteiger charge is 2.16. The van der Waals surface area contributed by atoms with Crippen molar-refractivity contribution in [3.05, 3.63) is 72.4 Å². The highest BCUT2D eigenvalue weighted by molar-refractivity contribution is 7.92. The van der Waals surface area contributed by atoms with Crippen LogP contribution >= 0.6 is 0 Å². The summed E-state index contributed by atoms with van der Waals surface area (Å²) in [4.78, 5) is 27.1. The summed E-state index contributed by atoms with van der Waals surface area (Å²) in [6, 6.07) is 14.9. The number of azo groups is 1. The van der Waals surface area contributed by atoms with Crippen molar-refractivity contribution in [2.45, 2.75) is 11.8 Å². The fourth-order valence-electron chi connectivity index (χ4n) is 2.52. The number of methoxy groups -OCH3 is 1. The number of ether oxygens (including phenoxy) is 2. The van der Waals surface area contributed by atoms with E-state index in [2.05, 4.69) is 19.9 Å². The summed E-state index contributed by atoms with van der Waals surface area (Å²) >= 11 is 0. The molecule has 0 unspecified atom stereocenters. The molecule has 1 aromatic heterocycles. The number of hydrogen-bond acceptors (Lipinski definition) is 9. The third-order valence-electron chi connectivity index (χ3n) is 3.95. The third kappa shape index (κ3) is 5.73. The van der Waals surface area contributed by atoms with E-state index in [0.717, 1.165) is 0 Å². The van der Waals surface area contributed by atoms with E-state index in [-0.39, 0.29) is 22.0 Å². The molecule has 11 heteroatoms. The Hall–Kier alpha value is -4.12. The maximum Gasteiger partial charge on any atom is 0.341 e. The lowest BCUT2D eigenvalue weighted by Gasteiger charge is -2.08. The molecule has 2 aromatic carbocycles. The average Bonchev–Trinajstić information content (AvgIpc) is 2.78. The maximum absolute atomic E-state index is 12.4. The molecule has 0 bridgehead atoms. The van der Waals surface area contributed by atoms with Gasteiger partial charge in [-0.2, -0.15) is 10.2 Å². The molecule has 0 radical (unpaired) electrons. The predicted molar refractivity (Wildman–Crippen MR) is 115 cm³/mol. The summed E-state index contributed by atoms with van der Waals surface area (Å²) in [5.41, 5.74) is 0.696. The van der Waals surface area contributed by atoms with Crippen molar-refractivity contribution in [3.63, 3.8) is 0 Å². The van der Waals surface area contributed by atoms with Gasteiger partial charge in [-0.15, -0.1) is 0 Å². The first-order chi connectivity index (χ1) is 15.3. The second-order valence-corrected chi connectivity index (χ2v) is 7.96. The molecule has 1 N–H and O–H groups in total. The van der Waals surface area contributed by atoms with Crippen LogP contribution < -0.4 is 9.46 Å². The van der Waals surface area contributed by atoms with E-state index < -0.39 is 22.0 Å². The van der Waals surface area contributed by atoms with Gasteiger partial charge in [-0.1, -0.05) is 6.07 Å². The number of carbonyl (C=O) groups is 2. The number of hydrogen-bond donors (Lipinski definition) is 1. The van der Waals surface area contributed by atoms with Gasteiger partial charge in [0, 0.05) is 13.1 Å². The van der Waals surface area contributed by atoms with Gasteiger partial charge in [-0.05, 0) is 54.6 Å². The Kier molecular flexibility index (Phi) is 6.90. The van der Waals surface area contributed by atoms with Crippen LogP contribution in [-0.4, -0.2) is 32.5 Å². The van der Waals surface area contributed by atoms with Crippen LogP contribution in [0, 0.1) is 0 Å². The number of pyridine rings is 1. The van der Waals surface area contributed by atoms with Gasteiger partial charge in [0.25, 0.3) is 10.0 Å². The van der Waals surface area contributed by atoms with E-state index in [1.54, 1.807) is 12.1 Å². The van der Waals surface area contributed by atoms with E-state index in [1.165, 1.54) is 68.8 Å². The number of carbonyl (C=O) groups excluding carboxylic acids is 2. The zero-order valence-corrected chi connectivity index (χ0v) is 17.9. The molecule has 0 aliphatic heterocycles. The summed E-state index contributed by atoms with van der Waals surface area (Å²) in [6.07, 6.45) is 1.48. The second-order valence-electron chi connectivity index (χ2n) is 6.28. The fourth-order valence-corrected chi connectivity index (χ4v) is 3.53. The number of aromatic nitrogens is 1. The molecule has 3 aromatic rings. The summed E-state index contributed by atoms with van der Waals surface area (Å²) in [6.45, 7) is 1.21. The summed E-state index contributed by atoms with van der Waals surface area (Å²) in [7, 11) is -2.61. The highest BCUT2D eigenvalue weighted by atomic mass is 32.2. The SMILES string of the molecule is COC(=O)c1cc(N=Nc2ccc(S(=O)(=O)Nc3ccccn3)cc2)ccc1OC(C)=O. The Balaban J connectivity index is 1.78. The molecule has 10 nitrogen and oxygen atoms in total. The van der Waals surface area contributed by atoms with Crippen molar-refractivity contribution < 1.29 is 27.5 Å². The topological polar surface area (TPSA) is 136 Å². The van der Waals surface area contributed by atoms with Gasteiger partial charge in [0.05, 0.1) is 23.4 Å². The Morgan fingerprint density at radius 1 is 0.969 bits per heavy atom. The average molecular weight is 454 g/mol. The van der Waals surface area contributed by atoms with E-state index >= 15 is 0 Å². The fraction of sp³-hybridized carbons (Fsp3) is 0.0952. The molecule has 0 fully saturated rings. The van der Waals surface area contributed by atoms with Crippen LogP contribution in [0.1, 0.15) is 17.3 Å². The molecule has 0 spiro atoms. The zero-order valence-electron chi connectivity index (χ0n) is 17.1. The van der Waals surface area contributed by atoms with E-state index in [9.17, 15) is 18.0 Å². The van der Waals surface area contributed by atoms with Crippen LogP contribution in [0.25, 0.3) is 0 Å². The van der Waals surface area contributed by atoms with Crippen molar-refractivity contribution in [1.29, 1.82) is 0 Å². The lowest BCUT2D eigenvalue weighted by Crippen LogP contribution is -2.13. The molecule has 1 heterocycles. The van der Waals surface area contributed by atoms with Crippen LogP contribution in [0.5, 0.6) is 5.75 Å². The molecule has 164 valence electrons. The van der Waals surface area contributed by atoms with Gasteiger partial charge in [0.1, 0.15) is 17.1 Å². The molecule has 3 rings (SSSR count). The molecule has 0 amide bonds. The first-order valence-corrected chi connectivity index (χ1v) is 10.6. The lowest BCUT2D eigenvalue weighted by atomic mass is 10.2. The predicted octanol–water partition coefficient (Wildman–Crippen LogP) is 4.01. The molecule has 0 atom stereocenters. The monoisotopic (exact) mass is 454 g/mol. The van der Waals surface area contributed by atoms with E-state index in [4.69, 9.17) is 9.47 Å². The number of sulfonamides is 1. The summed E-state index contributed by atoms with van der Waals surface area (Å²) < 4.78 is 37.0. The number of benzene rings is 2. The largest absolute Gasteiger partial charge is 0.465 e. The third-order valence-corrected chi connectivity index (χ3v) is 5.32. The molecule has 0 saturated heterocycles. The highest BCUT2D eigenvalue weighted by Crippen LogP contribution is 2.27. The van der Waals surface area contributed by atoms with Crippen molar-refractivity contribution in [2.24, 2.45) is 10.2 Å². The quantitative estimate of drug-likeness (QED) is 0.323. The molecule has 0 aliphatic carbocycles. The molecule has 32 heavy (non-hydrogen) atoms. The van der Waals surface area contributed by atoms with Crippen LogP contribution in [0.2, 0.25) is 0 Å². The summed E-state index contributed by atoms with van der Waals surface area (Å²) in [5, 5.41) is 8.07. The first-order valence-electron chi connectivity index (χ1n) is 9.15. The maximum atomic E-state index is 12.4. The minimum absolute atomic E-state index is 0.0150. The van der Waals surface area contributed by atoms with Crippen molar-refractivity contribution in [1.82, 2.24) is 4.98 Å². The lowest BCUT2D eigenvalue weighted by molar-refractivity contribution is -0.131. The van der Waals surface area contributed by atoms with Gasteiger partial charge < -0.3 is 9.47 Å². The first kappa shape index (κ1) is 22.6. The smallest absolute Gasteiger partial charge is 0.341 e. The Morgan fingerprint density at radius 2 is 1.66 bits per heavy atom. The normalized spacial score (nSPS) is 11.2. The van der Waals surface area contributed by atoms with Gasteiger partial charge in [0.2, 0.25) is 0 Å². The summed E-state index contributed by atoms with van der Waals surface area (Å²) in [5.74, 6) is -1.04. The second kappa shape index (κ2) is 9.79. The van der Waals surface area contributed by atoms with Crippen molar-refractivity contribution in [3.8, 4) is 5.75 Å². The number of rotatable bonds is 7. The standard InChI is InChI=1S/C21H18N4O6S/c1-14(26)31-19-11-8-16(13-18(19)21(27)30-2)24-23-15-6-9-17(10-7-15)32(28,29)25-20-5-3-4-12-22-20/h3-13H,1-2H3,(H,22,25). The number of nitrogens with one attached hydrogen (secondary N) is 1. The van der Waals surface area contributed by atoms with E-state index in [1.807, 2.05) is 0 Å². The minimum atomic E-state index is -3.81. The number of esters is 2. The Morgan fingerprint density at radius 3 is 2.28 bits per heavy atom. The van der Waals surface area contributed by atoms with Crippen LogP contribution in [-0.2, 0) is 19.6 Å². The van der Waals surface area contributed by atoms with Crippen LogP contribution in [0.4, 0.5) is 17.2 Å². The number of nitrogens with zero attached hydrogens (tertiary/aromatic N) is 3. The van der Waals surface area contributed by atoms with Crippen molar-refractivity contribution in [2.75, 3.05) is 11.8 Å². The van der Waals surface area contributed by atoms with Gasteiger partial charge in [-0.25, -0.2) is 18.2 Å². The molecule has 0 aliphatic rings.